The molecule has 2 N–H and O–H groups in total. The Morgan fingerprint density at radius 1 is 1.44 bits per heavy atom. The minimum absolute atomic E-state index is 0.189. The van der Waals surface area contributed by atoms with Crippen molar-refractivity contribution in [1.29, 1.82) is 0 Å². The fourth-order valence-corrected chi connectivity index (χ4v) is 1.50. The van der Waals surface area contributed by atoms with Crippen molar-refractivity contribution in [3.63, 3.8) is 0 Å². The second kappa shape index (κ2) is 6.35. The molecule has 1 heterocycles. The van der Waals surface area contributed by atoms with Gasteiger partial charge in [0.2, 0.25) is 0 Å². The molecule has 1 amide bonds. The van der Waals surface area contributed by atoms with Crippen molar-refractivity contribution in [2.75, 3.05) is 25.5 Å². The number of anilines is 1. The number of carbonyl (C=O) groups excluding carboxylic acids is 1. The maximum atomic E-state index is 11.8. The first-order valence-corrected chi connectivity index (χ1v) is 6.04. The van der Waals surface area contributed by atoms with E-state index in [4.69, 9.17) is 4.74 Å². The number of hydrogen-bond donors (Lipinski definition) is 2. The lowest BCUT2D eigenvalue weighted by Crippen LogP contribution is -2.40. The molecule has 5 nitrogen and oxygen atoms in total. The van der Waals surface area contributed by atoms with E-state index in [9.17, 15) is 4.79 Å². The molecule has 100 valence electrons. The van der Waals surface area contributed by atoms with Crippen LogP contribution in [-0.4, -0.2) is 36.7 Å². The highest BCUT2D eigenvalue weighted by molar-refractivity contribution is 5.92. The third-order valence-corrected chi connectivity index (χ3v) is 2.49. The minimum atomic E-state index is -0.366. The van der Waals surface area contributed by atoms with Gasteiger partial charge in [-0.05, 0) is 32.9 Å². The maximum Gasteiger partial charge on any atom is 0.269 e. The summed E-state index contributed by atoms with van der Waals surface area (Å²) in [6.45, 7) is 6.89. The third-order valence-electron chi connectivity index (χ3n) is 2.49. The summed E-state index contributed by atoms with van der Waals surface area (Å²) in [7, 11) is 1.81. The Kier molecular flexibility index (Phi) is 5.09. The molecule has 1 aromatic heterocycles. The molecule has 0 saturated carbocycles. The topological polar surface area (TPSA) is 63.2 Å². The normalized spacial score (nSPS) is 11.1. The summed E-state index contributed by atoms with van der Waals surface area (Å²) in [6, 6.07) is 3.50. The molecule has 0 unspecified atom stereocenters. The van der Waals surface area contributed by atoms with Crippen LogP contribution in [0.25, 0.3) is 0 Å². The first-order chi connectivity index (χ1) is 8.48. The smallest absolute Gasteiger partial charge is 0.269 e. The maximum absolute atomic E-state index is 11.8. The van der Waals surface area contributed by atoms with Gasteiger partial charge in [-0.25, -0.2) is 4.98 Å². The van der Waals surface area contributed by atoms with E-state index in [-0.39, 0.29) is 11.5 Å². The number of rotatable bonds is 6. The average molecular weight is 251 g/mol. The van der Waals surface area contributed by atoms with E-state index < -0.39 is 0 Å². The van der Waals surface area contributed by atoms with Crippen molar-refractivity contribution >= 4 is 11.6 Å². The second-order valence-corrected chi connectivity index (χ2v) is 4.56. The fraction of sp³-hybridized carbons (Fsp3) is 0.538. The van der Waals surface area contributed by atoms with E-state index in [1.165, 1.54) is 0 Å². The molecule has 0 aliphatic rings. The first-order valence-electron chi connectivity index (χ1n) is 6.04. The number of carbonyl (C=O) groups is 1. The van der Waals surface area contributed by atoms with Gasteiger partial charge in [0.25, 0.3) is 5.91 Å². The Labute approximate surface area is 108 Å². The van der Waals surface area contributed by atoms with Gasteiger partial charge >= 0.3 is 0 Å². The van der Waals surface area contributed by atoms with Gasteiger partial charge in [0, 0.05) is 20.2 Å². The highest BCUT2D eigenvalue weighted by Gasteiger charge is 2.19. The summed E-state index contributed by atoms with van der Waals surface area (Å²) in [5.41, 5.74) is 0.914. The SMILES string of the molecule is CCOC(C)(C)CNC(=O)c1ccc(NC)cn1. The summed E-state index contributed by atoms with van der Waals surface area (Å²) in [5, 5.41) is 5.77. The molecule has 0 radical (unpaired) electrons. The predicted octanol–water partition coefficient (Wildman–Crippen LogP) is 1.67. The molecule has 0 spiro atoms. The predicted molar refractivity (Wildman–Crippen MR) is 71.8 cm³/mol. The lowest BCUT2D eigenvalue weighted by molar-refractivity contribution is -0.00818. The molecule has 1 rings (SSSR count). The number of nitrogens with one attached hydrogen (secondary N) is 2. The van der Waals surface area contributed by atoms with Gasteiger partial charge in [0.15, 0.2) is 0 Å². The largest absolute Gasteiger partial charge is 0.387 e. The number of hydrogen-bond acceptors (Lipinski definition) is 4. The molecular formula is C13H21N3O2. The lowest BCUT2D eigenvalue weighted by atomic mass is 10.1. The molecule has 0 aromatic carbocycles. The van der Waals surface area contributed by atoms with Crippen LogP contribution in [0.2, 0.25) is 0 Å². The van der Waals surface area contributed by atoms with Gasteiger partial charge < -0.3 is 15.4 Å². The standard InChI is InChI=1S/C13H21N3O2/c1-5-18-13(2,3)9-16-12(17)11-7-6-10(14-4)8-15-11/h6-8,14H,5,9H2,1-4H3,(H,16,17). The van der Waals surface area contributed by atoms with E-state index in [0.717, 1.165) is 5.69 Å². The zero-order valence-corrected chi connectivity index (χ0v) is 11.4. The Bertz CT molecular complexity index is 388. The number of pyridine rings is 1. The van der Waals surface area contributed by atoms with Crippen LogP contribution in [0.15, 0.2) is 18.3 Å². The summed E-state index contributed by atoms with van der Waals surface area (Å²) in [6.07, 6.45) is 1.63. The highest BCUT2D eigenvalue weighted by Crippen LogP contribution is 2.08. The first kappa shape index (κ1) is 14.4. The average Bonchev–Trinajstić information content (AvgIpc) is 2.36. The van der Waals surface area contributed by atoms with Crippen LogP contribution in [0, 0.1) is 0 Å². The van der Waals surface area contributed by atoms with E-state index in [1.54, 1.807) is 19.3 Å². The van der Waals surface area contributed by atoms with Crippen LogP contribution in [-0.2, 0) is 4.74 Å². The number of aromatic nitrogens is 1. The molecule has 0 fully saturated rings. The molecule has 0 aliphatic carbocycles. The molecule has 0 saturated heterocycles. The second-order valence-electron chi connectivity index (χ2n) is 4.56. The minimum Gasteiger partial charge on any atom is -0.387 e. The van der Waals surface area contributed by atoms with Crippen LogP contribution >= 0.6 is 0 Å². The van der Waals surface area contributed by atoms with Crippen LogP contribution in [0.5, 0.6) is 0 Å². The van der Waals surface area contributed by atoms with Crippen LogP contribution < -0.4 is 10.6 Å². The van der Waals surface area contributed by atoms with Gasteiger partial charge in [0.05, 0.1) is 17.5 Å². The number of ether oxygens (including phenoxy) is 1. The molecular weight excluding hydrogens is 230 g/mol. The van der Waals surface area contributed by atoms with Crippen molar-refractivity contribution in [1.82, 2.24) is 10.3 Å². The Hall–Kier alpha value is -1.62. The van der Waals surface area contributed by atoms with Gasteiger partial charge in [-0.1, -0.05) is 0 Å². The van der Waals surface area contributed by atoms with Gasteiger partial charge in [0.1, 0.15) is 5.69 Å². The van der Waals surface area contributed by atoms with Crippen molar-refractivity contribution in [3.8, 4) is 0 Å². The highest BCUT2D eigenvalue weighted by atomic mass is 16.5. The summed E-state index contributed by atoms with van der Waals surface area (Å²) < 4.78 is 5.51. The molecule has 0 bridgehead atoms. The van der Waals surface area contributed by atoms with E-state index >= 15 is 0 Å². The lowest BCUT2D eigenvalue weighted by Gasteiger charge is -2.24. The van der Waals surface area contributed by atoms with Gasteiger partial charge in [-0.3, -0.25) is 4.79 Å². The van der Waals surface area contributed by atoms with Gasteiger partial charge in [-0.15, -0.1) is 0 Å². The zero-order chi connectivity index (χ0) is 13.6. The van der Waals surface area contributed by atoms with Crippen molar-refractivity contribution in [2.24, 2.45) is 0 Å². The van der Waals surface area contributed by atoms with Crippen LogP contribution in [0.1, 0.15) is 31.3 Å². The molecule has 18 heavy (non-hydrogen) atoms. The molecule has 5 heteroatoms. The van der Waals surface area contributed by atoms with E-state index in [1.807, 2.05) is 26.8 Å². The van der Waals surface area contributed by atoms with Crippen LogP contribution in [0.3, 0.4) is 0 Å². The Morgan fingerprint density at radius 3 is 2.67 bits per heavy atom. The van der Waals surface area contributed by atoms with E-state index in [0.29, 0.717) is 18.8 Å². The van der Waals surface area contributed by atoms with Gasteiger partial charge in [-0.2, -0.15) is 0 Å². The number of amides is 1. The van der Waals surface area contributed by atoms with Crippen molar-refractivity contribution in [2.45, 2.75) is 26.4 Å². The number of nitrogens with zero attached hydrogens (tertiary/aromatic N) is 1. The monoisotopic (exact) mass is 251 g/mol. The van der Waals surface area contributed by atoms with Crippen LogP contribution in [0.4, 0.5) is 5.69 Å². The summed E-state index contributed by atoms with van der Waals surface area (Å²) in [5.74, 6) is -0.189. The molecule has 1 aromatic rings. The quantitative estimate of drug-likeness (QED) is 0.807. The molecule has 0 atom stereocenters. The van der Waals surface area contributed by atoms with Crippen molar-refractivity contribution in [3.05, 3.63) is 24.0 Å². The van der Waals surface area contributed by atoms with Crippen molar-refractivity contribution < 1.29 is 9.53 Å². The fourth-order valence-electron chi connectivity index (χ4n) is 1.50. The summed E-state index contributed by atoms with van der Waals surface area (Å²) in [4.78, 5) is 15.9. The summed E-state index contributed by atoms with van der Waals surface area (Å²) >= 11 is 0. The molecule has 0 aliphatic heterocycles. The third kappa shape index (κ3) is 4.33. The zero-order valence-electron chi connectivity index (χ0n) is 11.4. The Balaban J connectivity index is 2.54. The Morgan fingerprint density at radius 2 is 2.17 bits per heavy atom. The van der Waals surface area contributed by atoms with E-state index in [2.05, 4.69) is 15.6 Å².